The van der Waals surface area contributed by atoms with Gasteiger partial charge in [-0.2, -0.15) is 0 Å². The lowest BCUT2D eigenvalue weighted by molar-refractivity contribution is 0.601. The summed E-state index contributed by atoms with van der Waals surface area (Å²) in [6, 6.07) is 23.9. The molecule has 1 heterocycles. The molecule has 3 aromatic carbocycles. The molecule has 0 saturated heterocycles. The van der Waals surface area contributed by atoms with E-state index in [4.69, 9.17) is 4.98 Å². The monoisotopic (exact) mass is 391 g/mol. The minimum Gasteiger partial charge on any atom is -0.331 e. The predicted octanol–water partition coefficient (Wildman–Crippen LogP) is 4.16. The van der Waals surface area contributed by atoms with Crippen molar-refractivity contribution in [1.82, 2.24) is 9.55 Å². The fourth-order valence-corrected chi connectivity index (χ4v) is 4.43. The lowest BCUT2D eigenvalue weighted by atomic mass is 10.1. The van der Waals surface area contributed by atoms with Crippen molar-refractivity contribution in [3.8, 4) is 0 Å². The molecule has 0 amide bonds. The van der Waals surface area contributed by atoms with Crippen molar-refractivity contribution in [3.63, 3.8) is 0 Å². The number of hydrogen-bond donors (Lipinski definition) is 1. The maximum atomic E-state index is 12.7. The number of aryl methyl sites for hydroxylation is 3. The molecular weight excluding hydrogens is 370 g/mol. The van der Waals surface area contributed by atoms with Gasteiger partial charge in [-0.05, 0) is 42.3 Å². The maximum Gasteiger partial charge on any atom is 0.261 e. The Balaban J connectivity index is 1.57. The van der Waals surface area contributed by atoms with Gasteiger partial charge < -0.3 is 4.57 Å². The van der Waals surface area contributed by atoms with E-state index in [0.717, 1.165) is 28.8 Å². The molecule has 0 fully saturated rings. The summed E-state index contributed by atoms with van der Waals surface area (Å²) in [5.41, 5.74) is 3.60. The molecule has 1 aromatic heterocycles. The van der Waals surface area contributed by atoms with E-state index in [1.807, 2.05) is 49.5 Å². The minimum absolute atomic E-state index is 0.250. The molecule has 0 unspecified atom stereocenters. The van der Waals surface area contributed by atoms with Crippen LogP contribution in [0, 0.1) is 0 Å². The molecular formula is C22H21N3O2S. The fourth-order valence-electron chi connectivity index (χ4n) is 3.31. The quantitative estimate of drug-likeness (QED) is 0.537. The SMILES string of the molecule is Cn1c(CCc2ccccc2NS(=O)(=O)c2ccccc2)nc2ccccc21. The molecule has 0 aliphatic rings. The van der Waals surface area contributed by atoms with Crippen LogP contribution in [0.1, 0.15) is 11.4 Å². The van der Waals surface area contributed by atoms with Crippen LogP contribution in [0.5, 0.6) is 0 Å². The van der Waals surface area contributed by atoms with Crippen molar-refractivity contribution in [2.45, 2.75) is 17.7 Å². The fraction of sp³-hybridized carbons (Fsp3) is 0.136. The highest BCUT2D eigenvalue weighted by Gasteiger charge is 2.16. The number of aromatic nitrogens is 2. The van der Waals surface area contributed by atoms with Crippen LogP contribution >= 0.6 is 0 Å². The molecule has 0 spiro atoms. The molecule has 0 bridgehead atoms. The molecule has 5 nitrogen and oxygen atoms in total. The second-order valence-electron chi connectivity index (χ2n) is 6.65. The van der Waals surface area contributed by atoms with Crippen LogP contribution in [0.15, 0.2) is 83.8 Å². The van der Waals surface area contributed by atoms with E-state index < -0.39 is 10.0 Å². The Labute approximate surface area is 164 Å². The number of rotatable bonds is 6. The number of para-hydroxylation sites is 3. The summed E-state index contributed by atoms with van der Waals surface area (Å²) in [4.78, 5) is 4.95. The number of fused-ring (bicyclic) bond motifs is 1. The summed E-state index contributed by atoms with van der Waals surface area (Å²) in [5, 5.41) is 0. The van der Waals surface area contributed by atoms with E-state index >= 15 is 0 Å². The minimum atomic E-state index is -3.62. The van der Waals surface area contributed by atoms with E-state index in [-0.39, 0.29) is 4.90 Å². The van der Waals surface area contributed by atoms with Gasteiger partial charge in [-0.15, -0.1) is 0 Å². The highest BCUT2D eigenvalue weighted by atomic mass is 32.2. The Morgan fingerprint density at radius 1 is 0.857 bits per heavy atom. The average molecular weight is 391 g/mol. The first-order valence-electron chi connectivity index (χ1n) is 9.11. The van der Waals surface area contributed by atoms with Gasteiger partial charge in [0, 0.05) is 13.5 Å². The first kappa shape index (κ1) is 18.3. The number of benzene rings is 3. The van der Waals surface area contributed by atoms with Gasteiger partial charge in [0.25, 0.3) is 10.0 Å². The van der Waals surface area contributed by atoms with Crippen LogP contribution in [-0.4, -0.2) is 18.0 Å². The van der Waals surface area contributed by atoms with E-state index in [1.54, 1.807) is 36.4 Å². The van der Waals surface area contributed by atoms with Crippen LogP contribution in [0.2, 0.25) is 0 Å². The van der Waals surface area contributed by atoms with E-state index in [9.17, 15) is 8.42 Å². The maximum absolute atomic E-state index is 12.7. The third kappa shape index (κ3) is 3.64. The smallest absolute Gasteiger partial charge is 0.261 e. The van der Waals surface area contributed by atoms with Crippen LogP contribution in [0.4, 0.5) is 5.69 Å². The lowest BCUT2D eigenvalue weighted by Crippen LogP contribution is -2.14. The predicted molar refractivity (Wildman–Crippen MR) is 112 cm³/mol. The van der Waals surface area contributed by atoms with Gasteiger partial charge in [-0.25, -0.2) is 13.4 Å². The van der Waals surface area contributed by atoms with Crippen molar-refractivity contribution in [3.05, 3.63) is 90.3 Å². The molecule has 0 aliphatic carbocycles. The first-order valence-corrected chi connectivity index (χ1v) is 10.6. The second kappa shape index (κ2) is 7.48. The Hall–Kier alpha value is -3.12. The Bertz CT molecular complexity index is 1220. The number of hydrogen-bond acceptors (Lipinski definition) is 3. The van der Waals surface area contributed by atoms with Gasteiger partial charge in [0.2, 0.25) is 0 Å². The van der Waals surface area contributed by atoms with Crippen LogP contribution in [0.3, 0.4) is 0 Å². The van der Waals surface area contributed by atoms with Gasteiger partial charge in [0.1, 0.15) is 5.82 Å². The Kier molecular flexibility index (Phi) is 4.88. The summed E-state index contributed by atoms with van der Waals surface area (Å²) in [7, 11) is -1.61. The summed E-state index contributed by atoms with van der Waals surface area (Å²) in [6.07, 6.45) is 1.40. The molecule has 142 valence electrons. The molecule has 6 heteroatoms. The van der Waals surface area contributed by atoms with Gasteiger partial charge in [-0.1, -0.05) is 48.5 Å². The topological polar surface area (TPSA) is 64.0 Å². The largest absolute Gasteiger partial charge is 0.331 e. The number of imidazole rings is 1. The van der Waals surface area contributed by atoms with E-state index in [1.165, 1.54) is 0 Å². The molecule has 4 rings (SSSR count). The van der Waals surface area contributed by atoms with E-state index in [0.29, 0.717) is 12.1 Å². The summed E-state index contributed by atoms with van der Waals surface area (Å²) in [6.45, 7) is 0. The molecule has 0 radical (unpaired) electrons. The molecule has 4 aromatic rings. The zero-order valence-corrected chi connectivity index (χ0v) is 16.4. The van der Waals surface area contributed by atoms with E-state index in [2.05, 4.69) is 9.29 Å². The van der Waals surface area contributed by atoms with Gasteiger partial charge >= 0.3 is 0 Å². The van der Waals surface area contributed by atoms with Crippen LogP contribution in [0.25, 0.3) is 11.0 Å². The normalized spacial score (nSPS) is 11.6. The van der Waals surface area contributed by atoms with Crippen molar-refractivity contribution >= 4 is 26.7 Å². The zero-order valence-electron chi connectivity index (χ0n) is 15.5. The highest BCUT2D eigenvalue weighted by molar-refractivity contribution is 7.92. The van der Waals surface area contributed by atoms with Crippen molar-refractivity contribution in [1.29, 1.82) is 0 Å². The Morgan fingerprint density at radius 2 is 1.54 bits per heavy atom. The zero-order chi connectivity index (χ0) is 19.6. The van der Waals surface area contributed by atoms with Gasteiger partial charge in [-0.3, -0.25) is 4.72 Å². The lowest BCUT2D eigenvalue weighted by Gasteiger charge is -2.12. The number of nitrogens with zero attached hydrogens (tertiary/aromatic N) is 2. The molecule has 0 saturated carbocycles. The highest BCUT2D eigenvalue weighted by Crippen LogP contribution is 2.22. The van der Waals surface area contributed by atoms with Crippen molar-refractivity contribution < 1.29 is 8.42 Å². The van der Waals surface area contributed by atoms with Crippen LogP contribution < -0.4 is 4.72 Å². The van der Waals surface area contributed by atoms with Gasteiger partial charge in [0.05, 0.1) is 21.6 Å². The third-order valence-electron chi connectivity index (χ3n) is 4.81. The average Bonchev–Trinajstić information content (AvgIpc) is 3.04. The summed E-state index contributed by atoms with van der Waals surface area (Å²) < 4.78 is 30.2. The molecule has 0 aliphatic heterocycles. The Morgan fingerprint density at radius 3 is 2.32 bits per heavy atom. The van der Waals surface area contributed by atoms with Gasteiger partial charge in [0.15, 0.2) is 0 Å². The first-order chi connectivity index (χ1) is 13.5. The number of anilines is 1. The number of nitrogens with one attached hydrogen (secondary N) is 1. The second-order valence-corrected chi connectivity index (χ2v) is 8.33. The molecule has 1 N–H and O–H groups in total. The molecule has 0 atom stereocenters. The summed E-state index contributed by atoms with van der Waals surface area (Å²) in [5.74, 6) is 0.974. The standard InChI is InChI=1S/C22H21N3O2S/c1-25-21-14-8-7-13-20(21)23-22(25)16-15-17-9-5-6-12-19(17)24-28(26,27)18-10-3-2-4-11-18/h2-14,24H,15-16H2,1H3. The van der Waals surface area contributed by atoms with Crippen LogP contribution in [-0.2, 0) is 29.9 Å². The van der Waals surface area contributed by atoms with Crippen molar-refractivity contribution in [2.24, 2.45) is 7.05 Å². The van der Waals surface area contributed by atoms with Crippen molar-refractivity contribution in [2.75, 3.05) is 4.72 Å². The molecule has 28 heavy (non-hydrogen) atoms. The number of sulfonamides is 1. The third-order valence-corrected chi connectivity index (χ3v) is 6.19. The summed E-state index contributed by atoms with van der Waals surface area (Å²) >= 11 is 0.